The number of aromatic nitrogens is 4. The minimum Gasteiger partial charge on any atom is -0.476 e. The molecule has 1 aliphatic heterocycles. The Kier molecular flexibility index (Phi) is 4.43. The molecule has 2 fully saturated rings. The number of hydrogen-bond acceptors (Lipinski definition) is 6. The van der Waals surface area contributed by atoms with E-state index in [9.17, 15) is 4.79 Å². The van der Waals surface area contributed by atoms with E-state index in [-0.39, 0.29) is 5.56 Å². The maximum atomic E-state index is 12.3. The van der Waals surface area contributed by atoms with Gasteiger partial charge in [-0.15, -0.1) is 5.10 Å². The summed E-state index contributed by atoms with van der Waals surface area (Å²) in [6.45, 7) is 2.39. The van der Waals surface area contributed by atoms with Gasteiger partial charge in [-0.2, -0.15) is 5.10 Å². The van der Waals surface area contributed by atoms with Gasteiger partial charge >= 0.3 is 0 Å². The van der Waals surface area contributed by atoms with Crippen molar-refractivity contribution in [3.05, 3.63) is 58.6 Å². The molecule has 1 saturated heterocycles. The smallest absolute Gasteiger partial charge is 0.259 e. The lowest BCUT2D eigenvalue weighted by molar-refractivity contribution is 0.214. The molecule has 0 amide bonds. The van der Waals surface area contributed by atoms with Crippen molar-refractivity contribution in [3.8, 4) is 5.88 Å². The van der Waals surface area contributed by atoms with E-state index >= 15 is 0 Å². The summed E-state index contributed by atoms with van der Waals surface area (Å²) in [5, 5.41) is 8.46. The second-order valence-electron chi connectivity index (χ2n) is 7.69. The maximum absolute atomic E-state index is 12.3. The minimum atomic E-state index is -0.0423. The first-order valence-corrected chi connectivity index (χ1v) is 9.96. The summed E-state index contributed by atoms with van der Waals surface area (Å²) >= 11 is 0. The highest BCUT2D eigenvalue weighted by Crippen LogP contribution is 2.38. The first kappa shape index (κ1) is 17.2. The SMILES string of the molecule is O=c1cc(N2CCC(COc3ccc(C4CC4)nn3)CC2)nc2ccccn12. The van der Waals surface area contributed by atoms with E-state index in [0.29, 0.717) is 30.0 Å². The van der Waals surface area contributed by atoms with Crippen molar-refractivity contribution in [2.45, 2.75) is 31.6 Å². The molecule has 1 saturated carbocycles. The number of anilines is 1. The van der Waals surface area contributed by atoms with Crippen molar-refractivity contribution in [2.24, 2.45) is 5.92 Å². The van der Waals surface area contributed by atoms with Crippen molar-refractivity contribution in [1.29, 1.82) is 0 Å². The van der Waals surface area contributed by atoms with Crippen LogP contribution >= 0.6 is 0 Å². The number of piperidine rings is 1. The molecule has 7 heteroatoms. The van der Waals surface area contributed by atoms with Crippen molar-refractivity contribution in [1.82, 2.24) is 19.6 Å². The van der Waals surface area contributed by atoms with Gasteiger partial charge in [-0.3, -0.25) is 9.20 Å². The fraction of sp³-hybridized carbons (Fsp3) is 0.429. The van der Waals surface area contributed by atoms with Crippen molar-refractivity contribution in [3.63, 3.8) is 0 Å². The van der Waals surface area contributed by atoms with E-state index in [1.165, 1.54) is 12.8 Å². The molecule has 144 valence electrons. The van der Waals surface area contributed by atoms with Gasteiger partial charge in [0.05, 0.1) is 12.3 Å². The summed E-state index contributed by atoms with van der Waals surface area (Å²) in [4.78, 5) is 19.1. The molecule has 0 aromatic carbocycles. The van der Waals surface area contributed by atoms with Crippen LogP contribution in [0.15, 0.2) is 47.4 Å². The molecule has 4 heterocycles. The fourth-order valence-corrected chi connectivity index (χ4v) is 3.74. The van der Waals surface area contributed by atoms with Gasteiger partial charge in [-0.25, -0.2) is 4.98 Å². The van der Waals surface area contributed by atoms with E-state index in [4.69, 9.17) is 4.74 Å². The fourth-order valence-electron chi connectivity index (χ4n) is 3.74. The van der Waals surface area contributed by atoms with Crippen LogP contribution < -0.4 is 15.2 Å². The normalized spacial score (nSPS) is 17.8. The lowest BCUT2D eigenvalue weighted by Crippen LogP contribution is -2.37. The zero-order chi connectivity index (χ0) is 18.9. The molecule has 3 aromatic heterocycles. The second-order valence-corrected chi connectivity index (χ2v) is 7.69. The van der Waals surface area contributed by atoms with Gasteiger partial charge in [0.1, 0.15) is 11.5 Å². The van der Waals surface area contributed by atoms with E-state index in [1.807, 2.05) is 30.3 Å². The third-order valence-electron chi connectivity index (χ3n) is 5.62. The molecule has 1 aliphatic carbocycles. The molecule has 3 aromatic rings. The Morgan fingerprint density at radius 2 is 1.89 bits per heavy atom. The molecular formula is C21H23N5O2. The first-order valence-electron chi connectivity index (χ1n) is 9.96. The van der Waals surface area contributed by atoms with Gasteiger partial charge < -0.3 is 9.64 Å². The van der Waals surface area contributed by atoms with Crippen molar-refractivity contribution in [2.75, 3.05) is 24.6 Å². The number of fused-ring (bicyclic) bond motifs is 1. The van der Waals surface area contributed by atoms with Crippen LogP contribution in [0.5, 0.6) is 5.88 Å². The Hall–Kier alpha value is -2.96. The van der Waals surface area contributed by atoms with E-state index < -0.39 is 0 Å². The van der Waals surface area contributed by atoms with Gasteiger partial charge in [-0.05, 0) is 49.8 Å². The highest BCUT2D eigenvalue weighted by atomic mass is 16.5. The molecule has 5 rings (SSSR count). The standard InChI is InChI=1S/C21H23N5O2/c27-21-13-19(22-18-3-1-2-10-26(18)21)25-11-8-15(9-12-25)14-28-20-7-6-17(23-24-20)16-4-5-16/h1-3,6-7,10,13,15-16H,4-5,8-9,11-12,14H2. The van der Waals surface area contributed by atoms with Crippen LogP contribution in [0.1, 0.15) is 37.3 Å². The van der Waals surface area contributed by atoms with Gasteiger partial charge in [-0.1, -0.05) is 6.07 Å². The summed E-state index contributed by atoms with van der Waals surface area (Å²) in [7, 11) is 0. The van der Waals surface area contributed by atoms with Crippen LogP contribution in [0, 0.1) is 5.92 Å². The van der Waals surface area contributed by atoms with Crippen LogP contribution in [0.25, 0.3) is 5.65 Å². The zero-order valence-electron chi connectivity index (χ0n) is 15.7. The number of hydrogen-bond donors (Lipinski definition) is 0. The number of rotatable bonds is 5. The van der Waals surface area contributed by atoms with Gasteiger partial charge in [0.2, 0.25) is 5.88 Å². The summed E-state index contributed by atoms with van der Waals surface area (Å²) in [5.41, 5.74) is 1.72. The average molecular weight is 377 g/mol. The molecule has 0 spiro atoms. The summed E-state index contributed by atoms with van der Waals surface area (Å²) in [6.07, 6.45) is 6.21. The predicted octanol–water partition coefficient (Wildman–Crippen LogP) is 2.66. The summed E-state index contributed by atoms with van der Waals surface area (Å²) in [6, 6.07) is 11.2. The van der Waals surface area contributed by atoms with Crippen LogP contribution in [-0.2, 0) is 0 Å². The topological polar surface area (TPSA) is 72.6 Å². The average Bonchev–Trinajstić information content (AvgIpc) is 3.58. The number of pyridine rings is 1. The Labute approximate surface area is 163 Å². The summed E-state index contributed by atoms with van der Waals surface area (Å²) in [5.74, 6) is 2.46. The summed E-state index contributed by atoms with van der Waals surface area (Å²) < 4.78 is 7.43. The Balaban J connectivity index is 1.17. The van der Waals surface area contributed by atoms with Gasteiger partial charge in [0.15, 0.2) is 0 Å². The Bertz CT molecular complexity index is 1020. The maximum Gasteiger partial charge on any atom is 0.259 e. The van der Waals surface area contributed by atoms with Crippen LogP contribution in [0.4, 0.5) is 5.82 Å². The third kappa shape index (κ3) is 3.56. The van der Waals surface area contributed by atoms with Crippen molar-refractivity contribution < 1.29 is 4.74 Å². The van der Waals surface area contributed by atoms with Crippen LogP contribution in [0.3, 0.4) is 0 Å². The van der Waals surface area contributed by atoms with Gasteiger partial charge in [0, 0.05) is 37.3 Å². The van der Waals surface area contributed by atoms with E-state index in [2.05, 4.69) is 20.1 Å². The molecule has 0 radical (unpaired) electrons. The largest absolute Gasteiger partial charge is 0.476 e. The predicted molar refractivity (Wildman–Crippen MR) is 106 cm³/mol. The van der Waals surface area contributed by atoms with E-state index in [0.717, 1.165) is 37.4 Å². The van der Waals surface area contributed by atoms with Gasteiger partial charge in [0.25, 0.3) is 5.56 Å². The highest BCUT2D eigenvalue weighted by molar-refractivity contribution is 5.48. The lowest BCUT2D eigenvalue weighted by Gasteiger charge is -2.32. The van der Waals surface area contributed by atoms with Crippen LogP contribution in [-0.4, -0.2) is 39.3 Å². The molecule has 0 N–H and O–H groups in total. The molecule has 28 heavy (non-hydrogen) atoms. The molecule has 0 unspecified atom stereocenters. The molecule has 0 bridgehead atoms. The lowest BCUT2D eigenvalue weighted by atomic mass is 9.98. The van der Waals surface area contributed by atoms with Crippen molar-refractivity contribution >= 4 is 11.5 Å². The molecule has 7 nitrogen and oxygen atoms in total. The molecular weight excluding hydrogens is 354 g/mol. The Morgan fingerprint density at radius 1 is 1.04 bits per heavy atom. The highest BCUT2D eigenvalue weighted by Gasteiger charge is 2.25. The number of nitrogens with zero attached hydrogens (tertiary/aromatic N) is 5. The Morgan fingerprint density at radius 3 is 2.64 bits per heavy atom. The quantitative estimate of drug-likeness (QED) is 0.681. The molecule has 2 aliphatic rings. The number of ether oxygens (including phenoxy) is 1. The second kappa shape index (κ2) is 7.22. The minimum absolute atomic E-state index is 0.0423. The molecule has 0 atom stereocenters. The van der Waals surface area contributed by atoms with E-state index in [1.54, 1.807) is 16.7 Å². The third-order valence-corrected chi connectivity index (χ3v) is 5.62. The zero-order valence-corrected chi connectivity index (χ0v) is 15.7. The van der Waals surface area contributed by atoms with Crippen LogP contribution in [0.2, 0.25) is 0 Å². The first-order chi connectivity index (χ1) is 13.8. The monoisotopic (exact) mass is 377 g/mol.